The van der Waals surface area contributed by atoms with Crippen molar-refractivity contribution in [1.29, 1.82) is 0 Å². The standard InChI is InChI=1S/C24H26N4O3/c1-3-30-22-12-21-10-17(2)31-23(21)11-20(22)8-9-24(29)26-13-18-4-6-19(7-5-18)14-28-16-25-15-27-28/h4-9,11-12,15-17H,3,10,13-14H2,1-2H3,(H,26,29)/b9-8+. The van der Waals surface area contributed by atoms with E-state index in [1.165, 1.54) is 12.4 Å². The first-order chi connectivity index (χ1) is 15.1. The van der Waals surface area contributed by atoms with Gasteiger partial charge in [0.2, 0.25) is 5.91 Å². The van der Waals surface area contributed by atoms with Crippen molar-refractivity contribution in [2.75, 3.05) is 6.61 Å². The van der Waals surface area contributed by atoms with Gasteiger partial charge in [-0.05, 0) is 43.2 Å². The lowest BCUT2D eigenvalue weighted by atomic mass is 10.1. The summed E-state index contributed by atoms with van der Waals surface area (Å²) in [5, 5.41) is 7.02. The van der Waals surface area contributed by atoms with Gasteiger partial charge >= 0.3 is 0 Å². The fourth-order valence-corrected chi connectivity index (χ4v) is 3.54. The van der Waals surface area contributed by atoms with Crippen LogP contribution in [-0.4, -0.2) is 33.4 Å². The van der Waals surface area contributed by atoms with E-state index >= 15 is 0 Å². The van der Waals surface area contributed by atoms with Crippen molar-refractivity contribution < 1.29 is 14.3 Å². The molecule has 1 aliphatic rings. The zero-order valence-corrected chi connectivity index (χ0v) is 17.7. The van der Waals surface area contributed by atoms with E-state index in [-0.39, 0.29) is 12.0 Å². The summed E-state index contributed by atoms with van der Waals surface area (Å²) in [6.45, 7) is 5.68. The number of amides is 1. The van der Waals surface area contributed by atoms with Crippen molar-refractivity contribution >= 4 is 12.0 Å². The Bertz CT molecular complexity index is 1060. The maximum atomic E-state index is 12.3. The van der Waals surface area contributed by atoms with E-state index in [0.717, 1.165) is 40.2 Å². The third kappa shape index (κ3) is 5.31. The number of carbonyl (C=O) groups excluding carboxylic acids is 1. The lowest BCUT2D eigenvalue weighted by Gasteiger charge is -2.10. The average Bonchev–Trinajstić information content (AvgIpc) is 3.40. The number of hydrogen-bond acceptors (Lipinski definition) is 5. The summed E-state index contributed by atoms with van der Waals surface area (Å²) < 4.78 is 13.4. The highest BCUT2D eigenvalue weighted by Gasteiger charge is 2.21. The number of rotatable bonds is 8. The minimum Gasteiger partial charge on any atom is -0.493 e. The zero-order valence-electron chi connectivity index (χ0n) is 17.7. The van der Waals surface area contributed by atoms with Crippen molar-refractivity contribution in [3.63, 3.8) is 0 Å². The largest absolute Gasteiger partial charge is 0.493 e. The number of ether oxygens (including phenoxy) is 2. The molecule has 1 unspecified atom stereocenters. The van der Waals surface area contributed by atoms with E-state index in [2.05, 4.69) is 15.4 Å². The summed E-state index contributed by atoms with van der Waals surface area (Å²) in [4.78, 5) is 16.3. The molecule has 1 amide bonds. The van der Waals surface area contributed by atoms with Gasteiger partial charge in [-0.15, -0.1) is 0 Å². The van der Waals surface area contributed by atoms with Crippen LogP contribution in [0.3, 0.4) is 0 Å². The van der Waals surface area contributed by atoms with Crippen molar-refractivity contribution in [3.05, 3.63) is 77.4 Å². The summed E-state index contributed by atoms with van der Waals surface area (Å²) in [6, 6.07) is 12.0. The number of hydrogen-bond donors (Lipinski definition) is 1. The Morgan fingerprint density at radius 2 is 2.10 bits per heavy atom. The van der Waals surface area contributed by atoms with Crippen LogP contribution in [0.15, 0.2) is 55.1 Å². The quantitative estimate of drug-likeness (QED) is 0.568. The Morgan fingerprint density at radius 1 is 1.29 bits per heavy atom. The first-order valence-corrected chi connectivity index (χ1v) is 10.4. The third-order valence-electron chi connectivity index (χ3n) is 5.04. The predicted molar refractivity (Wildman–Crippen MR) is 118 cm³/mol. The van der Waals surface area contributed by atoms with Crippen molar-refractivity contribution in [2.45, 2.75) is 39.5 Å². The number of carbonyl (C=O) groups is 1. The molecule has 0 spiro atoms. The summed E-state index contributed by atoms with van der Waals surface area (Å²) in [6.07, 6.45) is 7.54. The fraction of sp³-hybridized carbons (Fsp3) is 0.292. The van der Waals surface area contributed by atoms with Crippen LogP contribution in [-0.2, 0) is 24.3 Å². The van der Waals surface area contributed by atoms with Gasteiger partial charge in [-0.3, -0.25) is 4.79 Å². The molecule has 1 N–H and O–H groups in total. The van der Waals surface area contributed by atoms with Gasteiger partial charge in [0, 0.05) is 30.2 Å². The van der Waals surface area contributed by atoms with E-state index in [9.17, 15) is 4.79 Å². The highest BCUT2D eigenvalue weighted by Crippen LogP contribution is 2.35. The smallest absolute Gasteiger partial charge is 0.244 e. The van der Waals surface area contributed by atoms with Crippen molar-refractivity contribution in [2.24, 2.45) is 0 Å². The van der Waals surface area contributed by atoms with Crippen LogP contribution in [0.2, 0.25) is 0 Å². The van der Waals surface area contributed by atoms with E-state index in [1.807, 2.05) is 50.2 Å². The Balaban J connectivity index is 1.35. The second kappa shape index (κ2) is 9.47. The topological polar surface area (TPSA) is 78.3 Å². The molecule has 0 saturated heterocycles. The summed E-state index contributed by atoms with van der Waals surface area (Å²) in [5.74, 6) is 1.47. The molecular formula is C24H26N4O3. The molecule has 1 atom stereocenters. The lowest BCUT2D eigenvalue weighted by molar-refractivity contribution is -0.116. The van der Waals surface area contributed by atoms with Gasteiger partial charge in [0.25, 0.3) is 0 Å². The van der Waals surface area contributed by atoms with Gasteiger partial charge in [-0.1, -0.05) is 24.3 Å². The molecule has 2 heterocycles. The molecule has 1 aromatic heterocycles. The number of aromatic nitrogens is 3. The van der Waals surface area contributed by atoms with Crippen LogP contribution in [0.4, 0.5) is 0 Å². The molecule has 2 aromatic carbocycles. The van der Waals surface area contributed by atoms with Gasteiger partial charge in [0.1, 0.15) is 30.3 Å². The van der Waals surface area contributed by atoms with Gasteiger partial charge in [0.15, 0.2) is 0 Å². The first kappa shape index (κ1) is 20.7. The van der Waals surface area contributed by atoms with Crippen LogP contribution in [0.5, 0.6) is 11.5 Å². The van der Waals surface area contributed by atoms with Crippen molar-refractivity contribution in [3.8, 4) is 11.5 Å². The molecule has 0 fully saturated rings. The minimum atomic E-state index is -0.163. The fourth-order valence-electron chi connectivity index (χ4n) is 3.54. The summed E-state index contributed by atoms with van der Waals surface area (Å²) in [5.41, 5.74) is 4.13. The van der Waals surface area contributed by atoms with E-state index in [1.54, 1.807) is 17.1 Å². The van der Waals surface area contributed by atoms with Crippen LogP contribution >= 0.6 is 0 Å². The molecule has 3 aromatic rings. The third-order valence-corrected chi connectivity index (χ3v) is 5.04. The van der Waals surface area contributed by atoms with Crippen LogP contribution in [0.1, 0.15) is 36.1 Å². The van der Waals surface area contributed by atoms with E-state index in [4.69, 9.17) is 9.47 Å². The highest BCUT2D eigenvalue weighted by atomic mass is 16.5. The predicted octanol–water partition coefficient (Wildman–Crippen LogP) is 3.38. The van der Waals surface area contributed by atoms with Gasteiger partial charge in [0.05, 0.1) is 13.2 Å². The summed E-state index contributed by atoms with van der Waals surface area (Å²) in [7, 11) is 0. The number of nitrogens with zero attached hydrogens (tertiary/aromatic N) is 3. The van der Waals surface area contributed by atoms with Crippen LogP contribution < -0.4 is 14.8 Å². The Labute approximate surface area is 181 Å². The first-order valence-electron chi connectivity index (χ1n) is 10.4. The molecular weight excluding hydrogens is 392 g/mol. The highest BCUT2D eigenvalue weighted by molar-refractivity contribution is 5.92. The molecule has 1 aliphatic heterocycles. The van der Waals surface area contributed by atoms with Gasteiger partial charge < -0.3 is 14.8 Å². The summed E-state index contributed by atoms with van der Waals surface area (Å²) >= 11 is 0. The lowest BCUT2D eigenvalue weighted by Crippen LogP contribution is -2.20. The SMILES string of the molecule is CCOc1cc2c(cc1/C=C/C(=O)NCc1ccc(Cn3cncn3)cc1)OC(C)C2. The number of nitrogens with one attached hydrogen (secondary N) is 1. The Hall–Kier alpha value is -3.61. The molecule has 7 heteroatoms. The van der Waals surface area contributed by atoms with Crippen molar-refractivity contribution in [1.82, 2.24) is 20.1 Å². The maximum absolute atomic E-state index is 12.3. The monoisotopic (exact) mass is 418 g/mol. The zero-order chi connectivity index (χ0) is 21.6. The van der Waals surface area contributed by atoms with Crippen LogP contribution in [0.25, 0.3) is 6.08 Å². The molecule has 0 bridgehead atoms. The molecule has 4 rings (SSSR count). The molecule has 7 nitrogen and oxygen atoms in total. The number of benzene rings is 2. The Morgan fingerprint density at radius 3 is 2.84 bits per heavy atom. The molecule has 0 saturated carbocycles. The second-order valence-electron chi connectivity index (χ2n) is 7.52. The normalized spacial score (nSPS) is 15.0. The molecule has 0 radical (unpaired) electrons. The average molecular weight is 418 g/mol. The van der Waals surface area contributed by atoms with E-state index < -0.39 is 0 Å². The van der Waals surface area contributed by atoms with Crippen LogP contribution in [0, 0.1) is 0 Å². The minimum absolute atomic E-state index is 0.162. The molecule has 0 aliphatic carbocycles. The van der Waals surface area contributed by atoms with Gasteiger partial charge in [-0.2, -0.15) is 5.10 Å². The Kier molecular flexibility index (Phi) is 6.31. The second-order valence-corrected chi connectivity index (χ2v) is 7.52. The van der Waals surface area contributed by atoms with Gasteiger partial charge in [-0.25, -0.2) is 9.67 Å². The number of fused-ring (bicyclic) bond motifs is 1. The van der Waals surface area contributed by atoms with E-state index in [0.29, 0.717) is 19.7 Å². The maximum Gasteiger partial charge on any atom is 0.244 e. The molecule has 160 valence electrons. The molecule has 31 heavy (non-hydrogen) atoms.